The first kappa shape index (κ1) is 19.2. The molecule has 3 rings (SSSR count). The summed E-state index contributed by atoms with van der Waals surface area (Å²) in [6.07, 6.45) is 1.33. The molecule has 1 aromatic heterocycles. The number of ether oxygens (including phenoxy) is 2. The monoisotopic (exact) mass is 439 g/mol. The lowest BCUT2D eigenvalue weighted by Gasteiger charge is -2.36. The van der Waals surface area contributed by atoms with Gasteiger partial charge in [-0.2, -0.15) is 0 Å². The predicted octanol–water partition coefficient (Wildman–Crippen LogP) is 4.41. The summed E-state index contributed by atoms with van der Waals surface area (Å²) in [4.78, 5) is 14.8. The third-order valence-electron chi connectivity index (χ3n) is 4.84. The van der Waals surface area contributed by atoms with E-state index in [1.807, 2.05) is 24.3 Å². The number of halogens is 1. The molecule has 0 aliphatic carbocycles. The highest BCUT2D eigenvalue weighted by Gasteiger charge is 2.32. The van der Waals surface area contributed by atoms with Crippen LogP contribution in [0.2, 0.25) is 0 Å². The molecule has 26 heavy (non-hydrogen) atoms. The Morgan fingerprint density at radius 2 is 1.96 bits per heavy atom. The Kier molecular flexibility index (Phi) is 6.21. The Morgan fingerprint density at radius 1 is 1.23 bits per heavy atom. The molecule has 1 unspecified atom stereocenters. The first-order valence-corrected chi connectivity index (χ1v) is 10.1. The molecule has 1 atom stereocenters. The van der Waals surface area contributed by atoms with Crippen molar-refractivity contribution in [2.75, 3.05) is 27.3 Å². The standard InChI is InChI=1S/C19H22BrNO4S/c1-24-13-3-4-14(15(11-13)25-2)18(16-5-6-17(20)26-16)21-9-7-12(8-10-21)19(22)23/h3-6,11-12,18H,7-10H2,1-2H3,(H,22,23). The van der Waals surface area contributed by atoms with Gasteiger partial charge in [-0.3, -0.25) is 9.69 Å². The minimum atomic E-state index is -0.693. The van der Waals surface area contributed by atoms with Crippen molar-refractivity contribution < 1.29 is 19.4 Å². The summed E-state index contributed by atoms with van der Waals surface area (Å²) in [7, 11) is 3.30. The molecule has 0 radical (unpaired) electrons. The number of piperidine rings is 1. The van der Waals surface area contributed by atoms with E-state index < -0.39 is 5.97 Å². The Morgan fingerprint density at radius 3 is 2.50 bits per heavy atom. The number of methoxy groups -OCH3 is 2. The lowest BCUT2D eigenvalue weighted by Crippen LogP contribution is -2.39. The molecule has 2 heterocycles. The summed E-state index contributed by atoms with van der Waals surface area (Å²) in [5.74, 6) is 0.586. The molecular formula is C19H22BrNO4S. The average molecular weight is 440 g/mol. The minimum absolute atomic E-state index is 0.0295. The number of carboxylic acids is 1. The maximum atomic E-state index is 11.3. The number of aliphatic carboxylic acids is 1. The molecule has 2 aromatic rings. The quantitative estimate of drug-likeness (QED) is 0.721. The molecule has 0 amide bonds. The number of nitrogens with zero attached hydrogens (tertiary/aromatic N) is 1. The Bertz CT molecular complexity index is 771. The van der Waals surface area contributed by atoms with Gasteiger partial charge in [0.25, 0.3) is 0 Å². The topological polar surface area (TPSA) is 59.0 Å². The van der Waals surface area contributed by atoms with Crippen LogP contribution in [0.1, 0.15) is 29.3 Å². The second kappa shape index (κ2) is 8.41. The maximum Gasteiger partial charge on any atom is 0.306 e. The van der Waals surface area contributed by atoms with Gasteiger partial charge in [-0.25, -0.2) is 0 Å². The Labute approximate surface area is 165 Å². The number of hydrogen-bond donors (Lipinski definition) is 1. The number of hydrogen-bond acceptors (Lipinski definition) is 5. The van der Waals surface area contributed by atoms with Crippen LogP contribution in [-0.4, -0.2) is 43.3 Å². The third kappa shape index (κ3) is 4.05. The van der Waals surface area contributed by atoms with Crippen LogP contribution in [-0.2, 0) is 4.79 Å². The van der Waals surface area contributed by atoms with Crippen LogP contribution in [0.15, 0.2) is 34.1 Å². The van der Waals surface area contributed by atoms with Crippen LogP contribution >= 0.6 is 27.3 Å². The summed E-state index contributed by atoms with van der Waals surface area (Å²) >= 11 is 5.25. The van der Waals surface area contributed by atoms with E-state index in [2.05, 4.69) is 26.9 Å². The molecule has 0 spiro atoms. The van der Waals surface area contributed by atoms with Crippen LogP contribution < -0.4 is 9.47 Å². The van der Waals surface area contributed by atoms with E-state index in [0.717, 1.165) is 33.9 Å². The predicted molar refractivity (Wildman–Crippen MR) is 105 cm³/mol. The van der Waals surface area contributed by atoms with Gasteiger partial charge in [-0.1, -0.05) is 0 Å². The Balaban J connectivity index is 1.96. The first-order valence-electron chi connectivity index (χ1n) is 8.47. The number of thiophene rings is 1. The second-order valence-corrected chi connectivity index (χ2v) is 8.80. The lowest BCUT2D eigenvalue weighted by molar-refractivity contribution is -0.143. The molecule has 1 aromatic carbocycles. The van der Waals surface area contributed by atoms with Crippen LogP contribution in [0.4, 0.5) is 0 Å². The van der Waals surface area contributed by atoms with E-state index in [0.29, 0.717) is 12.8 Å². The molecule has 1 aliphatic rings. The molecule has 1 aliphatic heterocycles. The fraction of sp³-hybridized carbons (Fsp3) is 0.421. The lowest BCUT2D eigenvalue weighted by atomic mass is 9.93. The minimum Gasteiger partial charge on any atom is -0.497 e. The molecule has 0 saturated carbocycles. The zero-order valence-electron chi connectivity index (χ0n) is 14.8. The SMILES string of the molecule is COc1ccc(C(c2ccc(Br)s2)N2CCC(C(=O)O)CC2)c(OC)c1. The number of likely N-dealkylation sites (tertiary alicyclic amines) is 1. The van der Waals surface area contributed by atoms with Gasteiger partial charge in [-0.05, 0) is 66.1 Å². The molecule has 1 N–H and O–H groups in total. The van der Waals surface area contributed by atoms with E-state index in [1.54, 1.807) is 25.6 Å². The highest BCUT2D eigenvalue weighted by Crippen LogP contribution is 2.41. The number of carboxylic acid groups (broad SMARTS) is 1. The second-order valence-electron chi connectivity index (χ2n) is 6.30. The van der Waals surface area contributed by atoms with Gasteiger partial charge in [0.05, 0.1) is 30.0 Å². The van der Waals surface area contributed by atoms with Crippen molar-refractivity contribution in [3.8, 4) is 11.5 Å². The van der Waals surface area contributed by atoms with E-state index in [1.165, 1.54) is 4.88 Å². The van der Waals surface area contributed by atoms with Gasteiger partial charge in [0.2, 0.25) is 0 Å². The normalized spacial score (nSPS) is 17.0. The van der Waals surface area contributed by atoms with Gasteiger partial charge in [-0.15, -0.1) is 11.3 Å². The first-order chi connectivity index (χ1) is 12.5. The van der Waals surface area contributed by atoms with Gasteiger partial charge >= 0.3 is 5.97 Å². The summed E-state index contributed by atoms with van der Waals surface area (Å²) in [6, 6.07) is 10.1. The zero-order chi connectivity index (χ0) is 18.7. The van der Waals surface area contributed by atoms with Crippen molar-refractivity contribution in [3.63, 3.8) is 0 Å². The summed E-state index contributed by atoms with van der Waals surface area (Å²) < 4.78 is 12.0. The highest BCUT2D eigenvalue weighted by atomic mass is 79.9. The zero-order valence-corrected chi connectivity index (χ0v) is 17.2. The van der Waals surface area contributed by atoms with Crippen molar-refractivity contribution in [2.24, 2.45) is 5.92 Å². The van der Waals surface area contributed by atoms with Crippen molar-refractivity contribution in [2.45, 2.75) is 18.9 Å². The fourth-order valence-electron chi connectivity index (χ4n) is 3.45. The van der Waals surface area contributed by atoms with Crippen LogP contribution in [0.3, 0.4) is 0 Å². The Hall–Kier alpha value is -1.57. The van der Waals surface area contributed by atoms with Crippen molar-refractivity contribution in [3.05, 3.63) is 44.6 Å². The molecule has 5 nitrogen and oxygen atoms in total. The van der Waals surface area contributed by atoms with Crippen molar-refractivity contribution >= 4 is 33.2 Å². The van der Waals surface area contributed by atoms with E-state index in [9.17, 15) is 9.90 Å². The van der Waals surface area contributed by atoms with Gasteiger partial charge in [0.15, 0.2) is 0 Å². The summed E-state index contributed by atoms with van der Waals surface area (Å²) in [5.41, 5.74) is 1.07. The smallest absolute Gasteiger partial charge is 0.306 e. The summed E-state index contributed by atoms with van der Waals surface area (Å²) in [5, 5.41) is 9.28. The van der Waals surface area contributed by atoms with Gasteiger partial charge < -0.3 is 14.6 Å². The number of benzene rings is 1. The number of carbonyl (C=O) groups is 1. The van der Waals surface area contributed by atoms with Gasteiger partial charge in [0, 0.05) is 16.5 Å². The number of rotatable bonds is 6. The third-order valence-corrected chi connectivity index (χ3v) is 6.52. The maximum absolute atomic E-state index is 11.3. The van der Waals surface area contributed by atoms with E-state index in [-0.39, 0.29) is 12.0 Å². The molecule has 140 valence electrons. The van der Waals surface area contributed by atoms with Crippen LogP contribution in [0.25, 0.3) is 0 Å². The van der Waals surface area contributed by atoms with E-state index >= 15 is 0 Å². The molecule has 0 bridgehead atoms. The van der Waals surface area contributed by atoms with Crippen molar-refractivity contribution in [1.82, 2.24) is 4.90 Å². The highest BCUT2D eigenvalue weighted by molar-refractivity contribution is 9.11. The molecule has 1 saturated heterocycles. The fourth-order valence-corrected chi connectivity index (χ4v) is 5.03. The van der Waals surface area contributed by atoms with Gasteiger partial charge in [0.1, 0.15) is 11.5 Å². The van der Waals surface area contributed by atoms with E-state index in [4.69, 9.17) is 9.47 Å². The summed E-state index contributed by atoms with van der Waals surface area (Å²) in [6.45, 7) is 1.48. The average Bonchev–Trinajstić information content (AvgIpc) is 3.08. The van der Waals surface area contributed by atoms with Crippen molar-refractivity contribution in [1.29, 1.82) is 0 Å². The largest absolute Gasteiger partial charge is 0.497 e. The molecule has 1 fully saturated rings. The molecule has 7 heteroatoms. The molecular weight excluding hydrogens is 418 g/mol. The van der Waals surface area contributed by atoms with Crippen LogP contribution in [0, 0.1) is 5.92 Å². The van der Waals surface area contributed by atoms with Crippen LogP contribution in [0.5, 0.6) is 11.5 Å².